The van der Waals surface area contributed by atoms with E-state index in [0.29, 0.717) is 11.3 Å². The fourth-order valence-electron chi connectivity index (χ4n) is 3.23. The van der Waals surface area contributed by atoms with Gasteiger partial charge in [-0.1, -0.05) is 18.2 Å². The predicted octanol–water partition coefficient (Wildman–Crippen LogP) is 2.84. The highest BCUT2D eigenvalue weighted by Gasteiger charge is 2.35. The van der Waals surface area contributed by atoms with Gasteiger partial charge in [-0.25, -0.2) is 4.79 Å². The molecular weight excluding hydrogens is 424 g/mol. The number of carbonyl (C=O) groups is 3. The fraction of sp³-hybridized carbons (Fsp3) is 0.280. The molecule has 2 amide bonds. The van der Waals surface area contributed by atoms with Crippen molar-refractivity contribution >= 4 is 23.9 Å². The molecule has 1 N–H and O–H groups in total. The maximum atomic E-state index is 12.9. The zero-order valence-corrected chi connectivity index (χ0v) is 19.0. The molecule has 1 aliphatic rings. The number of amides is 2. The van der Waals surface area contributed by atoms with Gasteiger partial charge in [-0.05, 0) is 61.3 Å². The van der Waals surface area contributed by atoms with Crippen molar-refractivity contribution in [1.82, 2.24) is 4.90 Å². The Kier molecular flexibility index (Phi) is 8.89. The molecule has 0 fully saturated rings. The van der Waals surface area contributed by atoms with Crippen molar-refractivity contribution in [2.45, 2.75) is 20.3 Å². The number of aryl methyl sites for hydroxylation is 1. The highest BCUT2D eigenvalue weighted by Crippen LogP contribution is 2.26. The Balaban J connectivity index is 2.37. The van der Waals surface area contributed by atoms with E-state index in [1.165, 1.54) is 20.3 Å². The lowest BCUT2D eigenvalue weighted by Crippen LogP contribution is -2.43. The number of nitrogens with zero attached hydrogens (tertiary/aromatic N) is 2. The second kappa shape index (κ2) is 11.6. The number of hydrogen-bond donors (Lipinski definition) is 1. The first-order valence-corrected chi connectivity index (χ1v) is 10.2. The zero-order chi connectivity index (χ0) is 24.5. The van der Waals surface area contributed by atoms with Crippen molar-refractivity contribution in [3.05, 3.63) is 75.6 Å². The van der Waals surface area contributed by atoms with Crippen LogP contribution in [0.15, 0.2) is 58.9 Å². The minimum Gasteiger partial charge on any atom is -0.497 e. The monoisotopic (exact) mass is 450 g/mol. The Morgan fingerprint density at radius 3 is 2.48 bits per heavy atom. The van der Waals surface area contributed by atoms with E-state index >= 15 is 0 Å². The van der Waals surface area contributed by atoms with E-state index < -0.39 is 17.8 Å². The highest BCUT2D eigenvalue weighted by atomic mass is 16.5. The van der Waals surface area contributed by atoms with E-state index in [1.54, 1.807) is 37.3 Å². The molecule has 0 atom stereocenters. The minimum absolute atomic E-state index is 0.0107. The average molecular weight is 450 g/mol. The Hall–Kier alpha value is -3.96. The van der Waals surface area contributed by atoms with Crippen LogP contribution in [0.5, 0.6) is 0 Å². The van der Waals surface area contributed by atoms with Gasteiger partial charge in [0.05, 0.1) is 19.8 Å². The number of benzene rings is 1. The highest BCUT2D eigenvalue weighted by molar-refractivity contribution is 6.18. The van der Waals surface area contributed by atoms with Crippen molar-refractivity contribution in [1.29, 1.82) is 5.26 Å². The Bertz CT molecular complexity index is 1120. The van der Waals surface area contributed by atoms with Gasteiger partial charge < -0.3 is 14.6 Å². The molecule has 1 aromatic rings. The zero-order valence-electron chi connectivity index (χ0n) is 19.0. The summed E-state index contributed by atoms with van der Waals surface area (Å²) in [5, 5.41) is 18.5. The van der Waals surface area contributed by atoms with Crippen LogP contribution in [0.2, 0.25) is 0 Å². The van der Waals surface area contributed by atoms with Crippen molar-refractivity contribution in [3.8, 4) is 6.07 Å². The molecule has 172 valence electrons. The molecule has 1 aromatic carbocycles. The number of hydrogen-bond acceptors (Lipinski definition) is 7. The number of ether oxygens (including phenoxy) is 2. The predicted molar refractivity (Wildman–Crippen MR) is 121 cm³/mol. The molecule has 0 radical (unpaired) electrons. The maximum Gasteiger partial charge on any atom is 0.337 e. The summed E-state index contributed by atoms with van der Waals surface area (Å²) in [6, 6.07) is 7.05. The third-order valence-corrected chi connectivity index (χ3v) is 5.11. The lowest BCUT2D eigenvalue weighted by atomic mass is 9.94. The average Bonchev–Trinajstić information content (AvgIpc) is 2.81. The second-order valence-electron chi connectivity index (χ2n) is 7.20. The first-order valence-electron chi connectivity index (χ1n) is 10.2. The molecule has 0 aromatic heterocycles. The third kappa shape index (κ3) is 5.84. The van der Waals surface area contributed by atoms with Gasteiger partial charge in [-0.3, -0.25) is 14.5 Å². The van der Waals surface area contributed by atoms with Gasteiger partial charge in [0.15, 0.2) is 0 Å². The molecular formula is C25H26N2O6. The first-order chi connectivity index (χ1) is 15.8. The molecule has 8 heteroatoms. The Morgan fingerprint density at radius 2 is 1.91 bits per heavy atom. The number of nitriles is 1. The summed E-state index contributed by atoms with van der Waals surface area (Å²) in [4.78, 5) is 38.0. The van der Waals surface area contributed by atoms with Crippen LogP contribution < -0.4 is 0 Å². The van der Waals surface area contributed by atoms with Gasteiger partial charge >= 0.3 is 5.97 Å². The van der Waals surface area contributed by atoms with Gasteiger partial charge in [0.1, 0.15) is 17.4 Å². The van der Waals surface area contributed by atoms with Crippen LogP contribution >= 0.6 is 0 Å². The minimum atomic E-state index is -0.667. The number of imide groups is 1. The summed E-state index contributed by atoms with van der Waals surface area (Å²) in [7, 11) is 2.77. The van der Waals surface area contributed by atoms with Crippen LogP contribution in [0.25, 0.3) is 6.08 Å². The van der Waals surface area contributed by atoms with E-state index in [9.17, 15) is 19.6 Å². The van der Waals surface area contributed by atoms with E-state index in [1.807, 2.05) is 19.1 Å². The third-order valence-electron chi connectivity index (χ3n) is 5.11. The van der Waals surface area contributed by atoms with Crippen molar-refractivity contribution < 1.29 is 29.0 Å². The van der Waals surface area contributed by atoms with Crippen molar-refractivity contribution in [3.63, 3.8) is 0 Å². The van der Waals surface area contributed by atoms with Crippen LogP contribution in [0.3, 0.4) is 0 Å². The maximum absolute atomic E-state index is 12.9. The quantitative estimate of drug-likeness (QED) is 0.213. The lowest BCUT2D eigenvalue weighted by molar-refractivity contribution is -0.140. The summed E-state index contributed by atoms with van der Waals surface area (Å²) in [6.45, 7) is 3.23. The summed E-state index contributed by atoms with van der Waals surface area (Å²) >= 11 is 0. The molecule has 33 heavy (non-hydrogen) atoms. The van der Waals surface area contributed by atoms with Gasteiger partial charge in [-0.2, -0.15) is 5.26 Å². The summed E-state index contributed by atoms with van der Waals surface area (Å²) in [5.41, 5.74) is 2.53. The molecule has 0 saturated heterocycles. The molecule has 0 spiro atoms. The van der Waals surface area contributed by atoms with Crippen LogP contribution in [0.4, 0.5) is 0 Å². The largest absolute Gasteiger partial charge is 0.497 e. The van der Waals surface area contributed by atoms with Crippen LogP contribution in [-0.4, -0.2) is 55.2 Å². The lowest BCUT2D eigenvalue weighted by Gasteiger charge is -2.27. The van der Waals surface area contributed by atoms with E-state index in [4.69, 9.17) is 14.6 Å². The number of methoxy groups -OCH3 is 2. The fourth-order valence-corrected chi connectivity index (χ4v) is 3.23. The molecule has 1 heterocycles. The number of aliphatic hydroxyl groups excluding tert-OH is 1. The number of allylic oxidation sites excluding steroid dienone is 3. The van der Waals surface area contributed by atoms with Gasteiger partial charge in [0, 0.05) is 18.7 Å². The first kappa shape index (κ1) is 25.3. The normalized spacial score (nSPS) is 15.9. The molecule has 0 saturated carbocycles. The van der Waals surface area contributed by atoms with Gasteiger partial charge in [0.25, 0.3) is 11.8 Å². The van der Waals surface area contributed by atoms with Crippen LogP contribution in [0.1, 0.15) is 34.8 Å². The Morgan fingerprint density at radius 1 is 1.18 bits per heavy atom. The molecule has 0 aliphatic carbocycles. The SMILES string of the molecule is COC(=O)c1ccc(/C=C/C=C(/C=C2\C(=O)N(CCCO)C(=O)C(C#N)=C2C)OC)c(C)c1. The Labute approximate surface area is 192 Å². The molecule has 8 nitrogen and oxygen atoms in total. The van der Waals surface area contributed by atoms with Crippen molar-refractivity contribution in [2.24, 2.45) is 0 Å². The molecule has 1 aliphatic heterocycles. The molecule has 0 unspecified atom stereocenters. The number of carbonyl (C=O) groups excluding carboxylic acids is 3. The van der Waals surface area contributed by atoms with Gasteiger partial charge in [-0.15, -0.1) is 0 Å². The van der Waals surface area contributed by atoms with E-state index in [-0.39, 0.29) is 36.3 Å². The number of aliphatic hydroxyl groups is 1. The van der Waals surface area contributed by atoms with E-state index in [2.05, 4.69) is 0 Å². The van der Waals surface area contributed by atoms with E-state index in [0.717, 1.165) is 16.0 Å². The molecule has 0 bridgehead atoms. The number of rotatable bonds is 8. The smallest absolute Gasteiger partial charge is 0.337 e. The van der Waals surface area contributed by atoms with Crippen LogP contribution in [-0.2, 0) is 19.1 Å². The van der Waals surface area contributed by atoms with Crippen LogP contribution in [0, 0.1) is 18.3 Å². The number of esters is 1. The van der Waals surface area contributed by atoms with Crippen molar-refractivity contribution in [2.75, 3.05) is 27.4 Å². The standard InChI is InChI=1S/C25H26N2O6/c1-16-13-19(25(31)33-4)10-9-18(16)7-5-8-20(32-3)14-21-17(2)22(15-26)24(30)27(23(21)29)11-6-12-28/h5,7-10,13-14,28H,6,11-12H2,1-4H3/b7-5+,20-8-,21-14-. The topological polar surface area (TPSA) is 117 Å². The van der Waals surface area contributed by atoms with Gasteiger partial charge in [0.2, 0.25) is 0 Å². The summed E-state index contributed by atoms with van der Waals surface area (Å²) in [5.74, 6) is -1.29. The summed E-state index contributed by atoms with van der Waals surface area (Å²) < 4.78 is 10.1. The second-order valence-corrected chi connectivity index (χ2v) is 7.20. The molecule has 2 rings (SSSR count). The summed E-state index contributed by atoms with van der Waals surface area (Å²) in [6.07, 6.45) is 6.87.